The van der Waals surface area contributed by atoms with Gasteiger partial charge in [-0.05, 0) is 30.9 Å². The molecule has 24 heavy (non-hydrogen) atoms. The van der Waals surface area contributed by atoms with Gasteiger partial charge in [-0.15, -0.1) is 0 Å². The van der Waals surface area contributed by atoms with Gasteiger partial charge < -0.3 is 10.2 Å². The van der Waals surface area contributed by atoms with Crippen molar-refractivity contribution in [3.05, 3.63) is 35.6 Å². The van der Waals surface area contributed by atoms with Crippen LogP contribution in [-0.2, 0) is 16.0 Å². The number of amides is 2. The van der Waals surface area contributed by atoms with E-state index in [2.05, 4.69) is 5.32 Å². The van der Waals surface area contributed by atoms with Crippen LogP contribution in [0.25, 0.3) is 0 Å². The van der Waals surface area contributed by atoms with Gasteiger partial charge in [0.25, 0.3) is 0 Å². The van der Waals surface area contributed by atoms with Crippen LogP contribution in [0.5, 0.6) is 0 Å². The van der Waals surface area contributed by atoms with Gasteiger partial charge in [0.15, 0.2) is 0 Å². The lowest BCUT2D eigenvalue weighted by molar-refractivity contribution is -0.142. The van der Waals surface area contributed by atoms with Crippen LogP contribution in [-0.4, -0.2) is 36.3 Å². The van der Waals surface area contributed by atoms with Gasteiger partial charge in [-0.25, -0.2) is 4.39 Å². The second-order valence-corrected chi connectivity index (χ2v) is 7.45. The summed E-state index contributed by atoms with van der Waals surface area (Å²) >= 11 is 0. The molecule has 0 spiro atoms. The van der Waals surface area contributed by atoms with Crippen LogP contribution < -0.4 is 5.32 Å². The van der Waals surface area contributed by atoms with Gasteiger partial charge in [0.2, 0.25) is 11.8 Å². The van der Waals surface area contributed by atoms with Crippen LogP contribution in [0.3, 0.4) is 0 Å². The quantitative estimate of drug-likeness (QED) is 0.920. The third kappa shape index (κ3) is 4.79. The van der Waals surface area contributed by atoms with Crippen molar-refractivity contribution in [3.8, 4) is 0 Å². The Kier molecular flexibility index (Phi) is 5.97. The van der Waals surface area contributed by atoms with Crippen LogP contribution in [0.4, 0.5) is 4.39 Å². The van der Waals surface area contributed by atoms with E-state index in [1.165, 1.54) is 6.07 Å². The molecule has 1 N–H and O–H groups in total. The summed E-state index contributed by atoms with van der Waals surface area (Å²) in [6.45, 7) is 7.43. The van der Waals surface area contributed by atoms with E-state index in [0.717, 1.165) is 0 Å². The highest BCUT2D eigenvalue weighted by atomic mass is 19.1. The van der Waals surface area contributed by atoms with Crippen molar-refractivity contribution in [2.24, 2.45) is 11.3 Å². The second kappa shape index (κ2) is 7.77. The lowest BCUT2D eigenvalue weighted by Gasteiger charge is -2.35. The van der Waals surface area contributed by atoms with Crippen LogP contribution >= 0.6 is 0 Å². The lowest BCUT2D eigenvalue weighted by Crippen LogP contribution is -2.46. The molecular formula is C19H27FN2O2. The molecule has 1 saturated heterocycles. The minimum atomic E-state index is -0.380. The fourth-order valence-electron chi connectivity index (χ4n) is 2.98. The minimum Gasteiger partial charge on any atom is -0.356 e. The summed E-state index contributed by atoms with van der Waals surface area (Å²) in [5.41, 5.74) is 0.234. The number of nitrogens with one attached hydrogen (secondary N) is 1. The lowest BCUT2D eigenvalue weighted by atomic mass is 9.90. The summed E-state index contributed by atoms with van der Waals surface area (Å²) in [6.07, 6.45) is 1.86. The third-order valence-electron chi connectivity index (χ3n) is 4.45. The van der Waals surface area contributed by atoms with E-state index in [4.69, 9.17) is 0 Å². The van der Waals surface area contributed by atoms with E-state index in [-0.39, 0.29) is 29.0 Å². The number of benzene rings is 1. The largest absolute Gasteiger partial charge is 0.356 e. The third-order valence-corrected chi connectivity index (χ3v) is 4.45. The van der Waals surface area contributed by atoms with Crippen molar-refractivity contribution in [1.82, 2.24) is 10.2 Å². The Morgan fingerprint density at radius 1 is 1.21 bits per heavy atom. The Morgan fingerprint density at radius 2 is 1.83 bits per heavy atom. The topological polar surface area (TPSA) is 49.4 Å². The van der Waals surface area contributed by atoms with E-state index in [1.807, 2.05) is 25.7 Å². The van der Waals surface area contributed by atoms with E-state index < -0.39 is 0 Å². The van der Waals surface area contributed by atoms with Crippen molar-refractivity contribution in [1.29, 1.82) is 0 Å². The maximum Gasteiger partial charge on any atom is 0.227 e. The average Bonchev–Trinajstić information content (AvgIpc) is 2.55. The second-order valence-electron chi connectivity index (χ2n) is 7.45. The first-order chi connectivity index (χ1) is 11.3. The predicted molar refractivity (Wildman–Crippen MR) is 91.9 cm³/mol. The molecule has 1 aliphatic heterocycles. The van der Waals surface area contributed by atoms with Crippen LogP contribution in [0.2, 0.25) is 0 Å². The fourth-order valence-corrected chi connectivity index (χ4v) is 2.98. The highest BCUT2D eigenvalue weighted by molar-refractivity contribution is 5.82. The molecule has 2 amide bonds. The predicted octanol–water partition coefficient (Wildman–Crippen LogP) is 2.77. The zero-order valence-corrected chi connectivity index (χ0v) is 14.8. The Hall–Kier alpha value is -1.91. The minimum absolute atomic E-state index is 0.00852. The van der Waals surface area contributed by atoms with Crippen molar-refractivity contribution in [2.45, 2.75) is 40.0 Å². The maximum absolute atomic E-state index is 13.5. The van der Waals surface area contributed by atoms with Crippen molar-refractivity contribution >= 4 is 11.8 Å². The number of carbonyl (C=O) groups excluding carboxylic acids is 2. The van der Waals surface area contributed by atoms with Gasteiger partial charge in [-0.2, -0.15) is 0 Å². The van der Waals surface area contributed by atoms with Crippen LogP contribution in [0.15, 0.2) is 24.3 Å². The number of piperidine rings is 1. The molecule has 0 aliphatic carbocycles. The highest BCUT2D eigenvalue weighted by Crippen LogP contribution is 2.23. The first-order valence-corrected chi connectivity index (χ1v) is 8.59. The maximum atomic E-state index is 13.5. The van der Waals surface area contributed by atoms with Gasteiger partial charge in [-0.1, -0.05) is 39.0 Å². The Balaban J connectivity index is 1.75. The summed E-state index contributed by atoms with van der Waals surface area (Å²) < 4.78 is 13.5. The number of hydrogen-bond donors (Lipinski definition) is 1. The zero-order valence-electron chi connectivity index (χ0n) is 14.8. The molecule has 0 atom stereocenters. The van der Waals surface area contributed by atoms with E-state index in [9.17, 15) is 14.0 Å². The monoisotopic (exact) mass is 334 g/mol. The SMILES string of the molecule is CC(C)(C)C(=O)N1CCC(C(=O)NCCc2ccccc2F)CC1. The smallest absolute Gasteiger partial charge is 0.227 e. The molecule has 0 radical (unpaired) electrons. The van der Waals surface area contributed by atoms with Crippen molar-refractivity contribution in [2.75, 3.05) is 19.6 Å². The summed E-state index contributed by atoms with van der Waals surface area (Å²) in [5, 5.41) is 2.89. The summed E-state index contributed by atoms with van der Waals surface area (Å²) in [5.74, 6) is -0.148. The molecule has 0 aromatic heterocycles. The Labute approximate surface area is 143 Å². The molecule has 1 aliphatic rings. The fraction of sp³-hybridized carbons (Fsp3) is 0.579. The highest BCUT2D eigenvalue weighted by Gasteiger charge is 2.32. The molecule has 0 saturated carbocycles. The van der Waals surface area contributed by atoms with Crippen LogP contribution in [0.1, 0.15) is 39.2 Å². The van der Waals surface area contributed by atoms with Gasteiger partial charge in [-0.3, -0.25) is 9.59 Å². The molecule has 2 rings (SSSR count). The number of nitrogens with zero attached hydrogens (tertiary/aromatic N) is 1. The molecule has 132 valence electrons. The summed E-state index contributed by atoms with van der Waals surface area (Å²) in [7, 11) is 0. The Morgan fingerprint density at radius 3 is 2.42 bits per heavy atom. The standard InChI is InChI=1S/C19H27FN2O2/c1-19(2,3)18(24)22-12-9-15(10-13-22)17(23)21-11-8-14-6-4-5-7-16(14)20/h4-7,15H,8-13H2,1-3H3,(H,21,23). The molecule has 1 heterocycles. The van der Waals surface area contributed by atoms with Gasteiger partial charge in [0.1, 0.15) is 5.82 Å². The summed E-state index contributed by atoms with van der Waals surface area (Å²) in [6, 6.07) is 6.61. The molecule has 4 nitrogen and oxygen atoms in total. The molecule has 1 fully saturated rings. The molecule has 0 bridgehead atoms. The summed E-state index contributed by atoms with van der Waals surface area (Å²) in [4.78, 5) is 26.3. The van der Waals surface area contributed by atoms with Gasteiger partial charge >= 0.3 is 0 Å². The van der Waals surface area contributed by atoms with E-state index in [0.29, 0.717) is 44.5 Å². The van der Waals surface area contributed by atoms with E-state index >= 15 is 0 Å². The number of halogens is 1. The van der Waals surface area contributed by atoms with Gasteiger partial charge in [0.05, 0.1) is 0 Å². The van der Waals surface area contributed by atoms with Crippen LogP contribution in [0, 0.1) is 17.2 Å². The molecule has 0 unspecified atom stereocenters. The molecule has 5 heteroatoms. The van der Waals surface area contributed by atoms with Gasteiger partial charge in [0, 0.05) is 31.0 Å². The normalized spacial score (nSPS) is 16.1. The van der Waals surface area contributed by atoms with Crippen molar-refractivity contribution < 1.29 is 14.0 Å². The average molecular weight is 334 g/mol. The van der Waals surface area contributed by atoms with E-state index in [1.54, 1.807) is 18.2 Å². The number of rotatable bonds is 4. The number of likely N-dealkylation sites (tertiary alicyclic amines) is 1. The molecular weight excluding hydrogens is 307 g/mol. The molecule has 1 aromatic carbocycles. The first-order valence-electron chi connectivity index (χ1n) is 8.59. The Bertz CT molecular complexity index is 587. The zero-order chi connectivity index (χ0) is 17.7. The number of carbonyl (C=O) groups is 2. The number of hydrogen-bond acceptors (Lipinski definition) is 2. The molecule has 1 aromatic rings. The first kappa shape index (κ1) is 18.4. The van der Waals surface area contributed by atoms with Crippen molar-refractivity contribution in [3.63, 3.8) is 0 Å².